The highest BCUT2D eigenvalue weighted by Crippen LogP contribution is 2.40. The normalized spacial score (nSPS) is 18.6. The minimum atomic E-state index is 0.345. The van der Waals surface area contributed by atoms with Gasteiger partial charge in [-0.25, -0.2) is 4.98 Å². The van der Waals surface area contributed by atoms with E-state index in [1.165, 1.54) is 34.4 Å². The van der Waals surface area contributed by atoms with Gasteiger partial charge in [0, 0.05) is 55.1 Å². The molecule has 0 unspecified atom stereocenters. The van der Waals surface area contributed by atoms with E-state index in [2.05, 4.69) is 71.2 Å². The van der Waals surface area contributed by atoms with E-state index in [4.69, 9.17) is 9.73 Å². The van der Waals surface area contributed by atoms with Crippen molar-refractivity contribution in [2.75, 3.05) is 19.7 Å². The lowest BCUT2D eigenvalue weighted by Crippen LogP contribution is -2.31. The van der Waals surface area contributed by atoms with Gasteiger partial charge in [0.15, 0.2) is 0 Å². The maximum absolute atomic E-state index is 6.14. The zero-order chi connectivity index (χ0) is 23.5. The van der Waals surface area contributed by atoms with Crippen molar-refractivity contribution in [2.45, 2.75) is 46.6 Å². The topological polar surface area (TPSA) is 53.5 Å². The molecule has 1 N–H and O–H groups in total. The van der Waals surface area contributed by atoms with Crippen LogP contribution in [-0.4, -0.2) is 40.8 Å². The molecule has 0 bridgehead atoms. The van der Waals surface area contributed by atoms with Crippen molar-refractivity contribution >= 4 is 6.21 Å². The average Bonchev–Trinajstić information content (AvgIpc) is 3.29. The van der Waals surface area contributed by atoms with Crippen molar-refractivity contribution < 1.29 is 4.74 Å². The molecule has 5 nitrogen and oxygen atoms in total. The first kappa shape index (κ1) is 22.6. The summed E-state index contributed by atoms with van der Waals surface area (Å²) in [5.74, 6) is 1.90. The van der Waals surface area contributed by atoms with E-state index >= 15 is 0 Å². The lowest BCUT2D eigenvalue weighted by molar-refractivity contribution is 0.226. The third-order valence-electron chi connectivity index (χ3n) is 6.95. The van der Waals surface area contributed by atoms with Crippen LogP contribution in [-0.2, 0) is 6.54 Å². The number of imidazole rings is 1. The minimum Gasteiger partial charge on any atom is -0.492 e. The van der Waals surface area contributed by atoms with E-state index in [1.54, 1.807) is 6.20 Å². The van der Waals surface area contributed by atoms with Crippen molar-refractivity contribution in [3.05, 3.63) is 71.7 Å². The molecule has 2 aromatic carbocycles. The Morgan fingerprint density at radius 1 is 1.12 bits per heavy atom. The fraction of sp³-hybridized carbons (Fsp3) is 0.379. The monoisotopic (exact) mass is 454 g/mol. The largest absolute Gasteiger partial charge is 0.492 e. The number of hydrogen-bond donors (Lipinski definition) is 1. The third kappa shape index (κ3) is 5.00. The van der Waals surface area contributed by atoms with Crippen molar-refractivity contribution in [3.63, 3.8) is 0 Å². The van der Waals surface area contributed by atoms with Crippen LogP contribution in [0.25, 0.3) is 22.5 Å². The van der Waals surface area contributed by atoms with E-state index < -0.39 is 0 Å². The molecule has 5 rings (SSSR count). The summed E-state index contributed by atoms with van der Waals surface area (Å²) in [5.41, 5.74) is 7.88. The number of rotatable bonds is 5. The molecular formula is C29H34N4O. The van der Waals surface area contributed by atoms with E-state index in [1.807, 2.05) is 19.3 Å². The fourth-order valence-corrected chi connectivity index (χ4v) is 5.14. The molecule has 5 heteroatoms. The van der Waals surface area contributed by atoms with Crippen molar-refractivity contribution in [1.82, 2.24) is 14.9 Å². The molecule has 0 fully saturated rings. The average molecular weight is 455 g/mol. The van der Waals surface area contributed by atoms with Crippen LogP contribution in [0.2, 0.25) is 0 Å². The first-order valence-corrected chi connectivity index (χ1v) is 12.3. The predicted molar refractivity (Wildman–Crippen MR) is 139 cm³/mol. The molecule has 34 heavy (non-hydrogen) atoms. The van der Waals surface area contributed by atoms with Crippen molar-refractivity contribution in [1.29, 1.82) is 0 Å². The van der Waals surface area contributed by atoms with Crippen molar-refractivity contribution in [3.8, 4) is 28.3 Å². The summed E-state index contributed by atoms with van der Waals surface area (Å²) in [6.45, 7) is 10.3. The van der Waals surface area contributed by atoms with E-state index in [9.17, 15) is 0 Å². The van der Waals surface area contributed by atoms with Gasteiger partial charge in [0.25, 0.3) is 0 Å². The molecule has 3 aromatic rings. The lowest BCUT2D eigenvalue weighted by atomic mass is 9.76. The summed E-state index contributed by atoms with van der Waals surface area (Å²) >= 11 is 0. The van der Waals surface area contributed by atoms with Gasteiger partial charge in [-0.3, -0.25) is 9.89 Å². The van der Waals surface area contributed by atoms with Crippen LogP contribution in [0, 0.1) is 5.41 Å². The second-order valence-electron chi connectivity index (χ2n) is 10.2. The summed E-state index contributed by atoms with van der Waals surface area (Å²) in [4.78, 5) is 14.8. The molecule has 2 aliphatic rings. The SMILES string of the molecule is CC=NC1=C(CN2CCOc3ccc(-c4ccc(-c5ncc[nH]5)cc4)cc3C2)CC(C)(C)CC1. The summed E-state index contributed by atoms with van der Waals surface area (Å²) in [7, 11) is 0. The Morgan fingerprint density at radius 3 is 2.68 bits per heavy atom. The second kappa shape index (κ2) is 9.59. The third-order valence-corrected chi connectivity index (χ3v) is 6.95. The molecule has 176 valence electrons. The highest BCUT2D eigenvalue weighted by Gasteiger charge is 2.28. The molecule has 0 amide bonds. The maximum Gasteiger partial charge on any atom is 0.137 e. The number of nitrogens with zero attached hydrogens (tertiary/aromatic N) is 3. The van der Waals surface area contributed by atoms with Crippen LogP contribution in [0.4, 0.5) is 0 Å². The molecule has 0 atom stereocenters. The van der Waals surface area contributed by atoms with Crippen LogP contribution in [0.1, 0.15) is 45.6 Å². The summed E-state index contributed by atoms with van der Waals surface area (Å²) in [6, 6.07) is 15.2. The number of H-pyrrole nitrogens is 1. The molecule has 1 aliphatic heterocycles. The number of benzene rings is 2. The minimum absolute atomic E-state index is 0.345. The Balaban J connectivity index is 1.37. The number of hydrogen-bond acceptors (Lipinski definition) is 4. The highest BCUT2D eigenvalue weighted by molar-refractivity contribution is 5.69. The van der Waals surface area contributed by atoms with E-state index in [0.29, 0.717) is 12.0 Å². The maximum atomic E-state index is 6.14. The zero-order valence-corrected chi connectivity index (χ0v) is 20.5. The Kier molecular flexibility index (Phi) is 6.38. The molecule has 0 saturated heterocycles. The van der Waals surface area contributed by atoms with Crippen LogP contribution in [0.5, 0.6) is 5.75 Å². The quantitative estimate of drug-likeness (QED) is 0.448. The molecule has 1 aromatic heterocycles. The van der Waals surface area contributed by atoms with Crippen LogP contribution in [0.3, 0.4) is 0 Å². The van der Waals surface area contributed by atoms with Crippen LogP contribution in [0.15, 0.2) is 71.1 Å². The highest BCUT2D eigenvalue weighted by atomic mass is 16.5. The molecule has 1 aliphatic carbocycles. The number of aliphatic imine (C=N–C) groups is 1. The number of aromatic nitrogens is 2. The number of aromatic amines is 1. The fourth-order valence-electron chi connectivity index (χ4n) is 5.14. The smallest absolute Gasteiger partial charge is 0.137 e. The van der Waals surface area contributed by atoms with Gasteiger partial charge >= 0.3 is 0 Å². The Bertz CT molecular complexity index is 1190. The number of ether oxygens (including phenoxy) is 1. The van der Waals surface area contributed by atoms with Gasteiger partial charge in [0.05, 0.1) is 0 Å². The number of fused-ring (bicyclic) bond motifs is 1. The molecule has 2 heterocycles. The second-order valence-corrected chi connectivity index (χ2v) is 10.2. The van der Waals surface area contributed by atoms with Gasteiger partial charge < -0.3 is 9.72 Å². The van der Waals surface area contributed by atoms with E-state index in [0.717, 1.165) is 49.6 Å². The molecule has 0 radical (unpaired) electrons. The standard InChI is InChI=1S/C29H34N4O/c1-4-30-26-11-12-29(2,3)18-25(26)20-33-15-16-34-27-10-9-23(17-24(27)19-33)21-5-7-22(8-6-21)28-31-13-14-32-28/h4-10,13-14,17H,11-12,15-16,18-20H2,1-3H3,(H,31,32). The first-order valence-electron chi connectivity index (χ1n) is 12.3. The Hall–Kier alpha value is -3.18. The summed E-state index contributed by atoms with van der Waals surface area (Å²) in [6.07, 6.45) is 8.97. The molecular weight excluding hydrogens is 420 g/mol. The molecule has 0 saturated carbocycles. The zero-order valence-electron chi connectivity index (χ0n) is 20.5. The molecule has 0 spiro atoms. The van der Waals surface area contributed by atoms with Crippen molar-refractivity contribution in [2.24, 2.45) is 10.4 Å². The van der Waals surface area contributed by atoms with Gasteiger partial charge in [-0.15, -0.1) is 0 Å². The van der Waals surface area contributed by atoms with Crippen LogP contribution >= 0.6 is 0 Å². The first-order chi connectivity index (χ1) is 16.5. The van der Waals surface area contributed by atoms with Gasteiger partial charge in [0.1, 0.15) is 18.2 Å². The number of nitrogens with one attached hydrogen (secondary N) is 1. The summed E-state index contributed by atoms with van der Waals surface area (Å²) in [5, 5.41) is 0. The predicted octanol–water partition coefficient (Wildman–Crippen LogP) is 6.49. The van der Waals surface area contributed by atoms with Gasteiger partial charge in [-0.05, 0) is 60.4 Å². The Labute approximate surface area is 202 Å². The Morgan fingerprint density at radius 2 is 1.91 bits per heavy atom. The van der Waals surface area contributed by atoms with Crippen LogP contribution < -0.4 is 4.74 Å². The summed E-state index contributed by atoms with van der Waals surface area (Å²) < 4.78 is 6.14. The van der Waals surface area contributed by atoms with E-state index in [-0.39, 0.29) is 0 Å². The van der Waals surface area contributed by atoms with Gasteiger partial charge in [-0.2, -0.15) is 0 Å². The van der Waals surface area contributed by atoms with Gasteiger partial charge in [0.2, 0.25) is 0 Å². The van der Waals surface area contributed by atoms with Gasteiger partial charge in [-0.1, -0.05) is 44.2 Å². The lowest BCUT2D eigenvalue weighted by Gasteiger charge is -2.34. The number of allylic oxidation sites excluding steroid dienone is 1.